The number of carbonyl (C=O) groups is 1. The van der Waals surface area contributed by atoms with Crippen LogP contribution in [-0.2, 0) is 11.3 Å². The molecule has 1 aliphatic rings. The van der Waals surface area contributed by atoms with Crippen LogP contribution in [0.15, 0.2) is 12.4 Å². The Morgan fingerprint density at radius 2 is 2.08 bits per heavy atom. The molecule has 0 spiro atoms. The number of likely N-dealkylation sites (tertiary alicyclic amines) is 1. The van der Waals surface area contributed by atoms with E-state index in [-0.39, 0.29) is 6.09 Å². The van der Waals surface area contributed by atoms with Gasteiger partial charge in [-0.25, -0.2) is 9.78 Å². The minimum absolute atomic E-state index is 0.214. The van der Waals surface area contributed by atoms with E-state index in [1.54, 1.807) is 12.4 Å². The molecule has 1 fully saturated rings. The van der Waals surface area contributed by atoms with E-state index < -0.39 is 5.60 Å². The molecule has 0 aromatic carbocycles. The van der Waals surface area contributed by atoms with Crippen molar-refractivity contribution in [1.82, 2.24) is 19.8 Å². The lowest BCUT2D eigenvalue weighted by Crippen LogP contribution is -2.38. The molecule has 0 bridgehead atoms. The Kier molecular flexibility index (Phi) is 6.40. The SMILES string of the molecule is CN(Cc1cnc(Cl)cn1)C1CCCN(C(=O)OC(C)(C)C)CC1. The molecule has 0 N–H and O–H groups in total. The molecule has 1 aromatic rings. The lowest BCUT2D eigenvalue weighted by Gasteiger charge is -2.28. The predicted octanol–water partition coefficient (Wildman–Crippen LogP) is 3.35. The number of hydrogen-bond acceptors (Lipinski definition) is 5. The summed E-state index contributed by atoms with van der Waals surface area (Å²) < 4.78 is 5.48. The van der Waals surface area contributed by atoms with Gasteiger partial charge in [0.1, 0.15) is 10.8 Å². The van der Waals surface area contributed by atoms with Gasteiger partial charge in [-0.05, 0) is 47.1 Å². The summed E-state index contributed by atoms with van der Waals surface area (Å²) in [6.07, 6.45) is 6.02. The van der Waals surface area contributed by atoms with Gasteiger partial charge < -0.3 is 9.64 Å². The van der Waals surface area contributed by atoms with E-state index in [1.807, 2.05) is 25.7 Å². The minimum atomic E-state index is -0.452. The van der Waals surface area contributed by atoms with Crippen molar-refractivity contribution in [2.45, 2.75) is 58.2 Å². The zero-order valence-electron chi connectivity index (χ0n) is 15.0. The summed E-state index contributed by atoms with van der Waals surface area (Å²) in [5.41, 5.74) is 0.447. The van der Waals surface area contributed by atoms with Crippen molar-refractivity contribution >= 4 is 17.7 Å². The number of amides is 1. The van der Waals surface area contributed by atoms with Crippen LogP contribution in [0.5, 0.6) is 0 Å². The van der Waals surface area contributed by atoms with Crippen molar-refractivity contribution in [3.05, 3.63) is 23.2 Å². The van der Waals surface area contributed by atoms with Gasteiger partial charge in [0.05, 0.1) is 18.1 Å². The Labute approximate surface area is 149 Å². The van der Waals surface area contributed by atoms with Crippen molar-refractivity contribution in [3.63, 3.8) is 0 Å². The first-order valence-electron chi connectivity index (χ1n) is 8.39. The van der Waals surface area contributed by atoms with Crippen LogP contribution in [-0.4, -0.2) is 57.6 Å². The summed E-state index contributed by atoms with van der Waals surface area (Å²) in [4.78, 5) is 24.7. The second-order valence-electron chi connectivity index (χ2n) is 7.30. The van der Waals surface area contributed by atoms with Crippen molar-refractivity contribution in [2.75, 3.05) is 20.1 Å². The van der Waals surface area contributed by atoms with Crippen molar-refractivity contribution in [1.29, 1.82) is 0 Å². The van der Waals surface area contributed by atoms with Crippen molar-refractivity contribution in [2.24, 2.45) is 0 Å². The molecule has 2 rings (SSSR count). The molecule has 2 heterocycles. The van der Waals surface area contributed by atoms with Gasteiger partial charge in [-0.1, -0.05) is 11.6 Å². The fourth-order valence-corrected chi connectivity index (χ4v) is 2.93. The Morgan fingerprint density at radius 1 is 1.33 bits per heavy atom. The Morgan fingerprint density at radius 3 is 2.71 bits per heavy atom. The molecule has 1 aliphatic heterocycles. The average molecular weight is 355 g/mol. The number of halogens is 1. The fourth-order valence-electron chi connectivity index (χ4n) is 2.83. The summed E-state index contributed by atoms with van der Waals surface area (Å²) in [5.74, 6) is 0. The second-order valence-corrected chi connectivity index (χ2v) is 7.68. The van der Waals surface area contributed by atoms with Crippen LogP contribution in [0.3, 0.4) is 0 Å². The Balaban J connectivity index is 1.87. The van der Waals surface area contributed by atoms with E-state index >= 15 is 0 Å². The monoisotopic (exact) mass is 354 g/mol. The number of carbonyl (C=O) groups excluding carboxylic acids is 1. The average Bonchev–Trinajstić information content (AvgIpc) is 2.74. The summed E-state index contributed by atoms with van der Waals surface area (Å²) in [5, 5.41) is 0.406. The van der Waals surface area contributed by atoms with Crippen LogP contribution in [0, 0.1) is 0 Å². The molecule has 7 heteroatoms. The van der Waals surface area contributed by atoms with E-state index in [0.717, 1.165) is 44.6 Å². The van der Waals surface area contributed by atoms with Gasteiger partial charge in [0, 0.05) is 25.7 Å². The maximum absolute atomic E-state index is 12.2. The topological polar surface area (TPSA) is 58.6 Å². The van der Waals surface area contributed by atoms with Crippen molar-refractivity contribution < 1.29 is 9.53 Å². The zero-order chi connectivity index (χ0) is 17.7. The molecule has 1 atom stereocenters. The smallest absolute Gasteiger partial charge is 0.410 e. The quantitative estimate of drug-likeness (QED) is 0.833. The maximum atomic E-state index is 12.2. The Bertz CT molecular complexity index is 545. The van der Waals surface area contributed by atoms with E-state index in [9.17, 15) is 4.79 Å². The Hall–Kier alpha value is -1.40. The second kappa shape index (κ2) is 8.12. The van der Waals surface area contributed by atoms with E-state index in [4.69, 9.17) is 16.3 Å². The van der Waals surface area contributed by atoms with Gasteiger partial charge in [-0.3, -0.25) is 9.88 Å². The van der Waals surface area contributed by atoms with Crippen LogP contribution >= 0.6 is 11.6 Å². The number of aromatic nitrogens is 2. The van der Waals surface area contributed by atoms with Gasteiger partial charge in [0.2, 0.25) is 0 Å². The fraction of sp³-hybridized carbons (Fsp3) is 0.706. The normalized spacial score (nSPS) is 19.2. The molecule has 1 aromatic heterocycles. The van der Waals surface area contributed by atoms with E-state index in [1.165, 1.54) is 0 Å². The summed E-state index contributed by atoms with van der Waals surface area (Å²) in [6.45, 7) is 7.88. The van der Waals surface area contributed by atoms with Crippen LogP contribution in [0.25, 0.3) is 0 Å². The molecular weight excluding hydrogens is 328 g/mol. The van der Waals surface area contributed by atoms with Gasteiger partial charge in [0.25, 0.3) is 0 Å². The first-order valence-corrected chi connectivity index (χ1v) is 8.77. The largest absolute Gasteiger partial charge is 0.444 e. The highest BCUT2D eigenvalue weighted by Gasteiger charge is 2.26. The molecular formula is C17H27ClN4O2. The van der Waals surface area contributed by atoms with Crippen LogP contribution in [0.4, 0.5) is 4.79 Å². The van der Waals surface area contributed by atoms with E-state index in [0.29, 0.717) is 11.2 Å². The van der Waals surface area contributed by atoms with Crippen molar-refractivity contribution in [3.8, 4) is 0 Å². The molecule has 0 radical (unpaired) electrons. The molecule has 6 nitrogen and oxygen atoms in total. The molecule has 1 amide bonds. The summed E-state index contributed by atoms with van der Waals surface area (Å²) in [7, 11) is 2.09. The van der Waals surface area contributed by atoms with Crippen LogP contribution in [0.2, 0.25) is 5.15 Å². The zero-order valence-corrected chi connectivity index (χ0v) is 15.7. The number of nitrogens with zero attached hydrogens (tertiary/aromatic N) is 4. The lowest BCUT2D eigenvalue weighted by atomic mass is 10.1. The number of ether oxygens (including phenoxy) is 1. The lowest BCUT2D eigenvalue weighted by molar-refractivity contribution is 0.0253. The predicted molar refractivity (Wildman–Crippen MR) is 94.0 cm³/mol. The third kappa shape index (κ3) is 5.91. The third-order valence-corrected chi connectivity index (χ3v) is 4.25. The highest BCUT2D eigenvalue weighted by atomic mass is 35.5. The first kappa shape index (κ1) is 18.9. The van der Waals surface area contributed by atoms with Gasteiger partial charge in [0.15, 0.2) is 0 Å². The van der Waals surface area contributed by atoms with Crippen LogP contribution < -0.4 is 0 Å². The van der Waals surface area contributed by atoms with Gasteiger partial charge in [-0.15, -0.1) is 0 Å². The summed E-state index contributed by atoms with van der Waals surface area (Å²) >= 11 is 5.77. The van der Waals surface area contributed by atoms with Crippen LogP contribution in [0.1, 0.15) is 45.7 Å². The van der Waals surface area contributed by atoms with E-state index in [2.05, 4.69) is 21.9 Å². The van der Waals surface area contributed by atoms with Gasteiger partial charge >= 0.3 is 6.09 Å². The highest BCUT2D eigenvalue weighted by Crippen LogP contribution is 2.19. The highest BCUT2D eigenvalue weighted by molar-refractivity contribution is 6.29. The molecule has 24 heavy (non-hydrogen) atoms. The minimum Gasteiger partial charge on any atom is -0.444 e. The number of hydrogen-bond donors (Lipinski definition) is 0. The summed E-state index contributed by atoms with van der Waals surface area (Å²) in [6, 6.07) is 0.412. The number of rotatable bonds is 3. The molecule has 1 saturated heterocycles. The molecule has 1 unspecified atom stereocenters. The molecule has 0 aliphatic carbocycles. The molecule has 0 saturated carbocycles. The molecule has 134 valence electrons. The first-order chi connectivity index (χ1) is 11.2. The third-order valence-electron chi connectivity index (χ3n) is 4.06. The van der Waals surface area contributed by atoms with Gasteiger partial charge in [-0.2, -0.15) is 0 Å². The standard InChI is InChI=1S/C17H27ClN4O2/c1-17(2,3)24-16(23)22-8-5-6-14(7-9-22)21(4)12-13-10-20-15(18)11-19-13/h10-11,14H,5-9,12H2,1-4H3. The maximum Gasteiger partial charge on any atom is 0.410 e.